The standard InChI is InChI=1S/BrH2OPS/c1-3(2)4/h2,4H. The van der Waals surface area contributed by atoms with Gasteiger partial charge in [0.25, 0.3) is 0 Å². The van der Waals surface area contributed by atoms with Crippen molar-refractivity contribution in [3.8, 4) is 0 Å². The average molecular weight is 161 g/mol. The van der Waals surface area contributed by atoms with Crippen LogP contribution in [0.2, 0.25) is 0 Å². The number of rotatable bonds is 0. The number of hydrogen-bond donors (Lipinski definition) is 2. The van der Waals surface area contributed by atoms with Gasteiger partial charge in [0.15, 0.2) is 6.05 Å². The van der Waals surface area contributed by atoms with Crippen LogP contribution in [0.4, 0.5) is 0 Å². The van der Waals surface area contributed by atoms with Gasteiger partial charge in [-0.05, 0) is 15.5 Å². The van der Waals surface area contributed by atoms with Crippen LogP contribution in [0.3, 0.4) is 0 Å². The van der Waals surface area contributed by atoms with Crippen molar-refractivity contribution in [1.82, 2.24) is 0 Å². The van der Waals surface area contributed by atoms with Crippen LogP contribution in [0.15, 0.2) is 0 Å². The highest BCUT2D eigenvalue weighted by Gasteiger charge is 1.74. The summed E-state index contributed by atoms with van der Waals surface area (Å²) in [4.78, 5) is 7.90. The Bertz CT molecular complexity index is 12.8. The first kappa shape index (κ1) is 5.22. The molecule has 0 saturated heterocycles. The summed E-state index contributed by atoms with van der Waals surface area (Å²) < 4.78 is 0. The van der Waals surface area contributed by atoms with Crippen molar-refractivity contribution in [2.75, 3.05) is 0 Å². The Morgan fingerprint density at radius 2 is 2.00 bits per heavy atom. The molecule has 26 valence electrons. The highest BCUT2D eigenvalue weighted by atomic mass is 79.9. The van der Waals surface area contributed by atoms with Crippen LogP contribution in [0, 0.1) is 0 Å². The molecule has 0 fully saturated rings. The molecule has 0 aliphatic carbocycles. The molecule has 0 heterocycles. The molecule has 0 aromatic heterocycles. The van der Waals surface area contributed by atoms with E-state index in [1.807, 2.05) is 0 Å². The smallest absolute Gasteiger partial charge is 0.155 e. The maximum atomic E-state index is 7.90. The molecule has 0 aromatic carbocycles. The summed E-state index contributed by atoms with van der Waals surface area (Å²) in [5.74, 6) is 0. The minimum absolute atomic E-state index is 1.11. The Labute approximate surface area is 39.1 Å². The summed E-state index contributed by atoms with van der Waals surface area (Å²) in [6, 6.07) is -1.11. The molecule has 1 atom stereocenters. The van der Waals surface area contributed by atoms with Crippen LogP contribution in [0.25, 0.3) is 0 Å². The summed E-state index contributed by atoms with van der Waals surface area (Å²) in [7, 11) is 0. The van der Waals surface area contributed by atoms with Crippen LogP contribution >= 0.6 is 33.8 Å². The monoisotopic (exact) mass is 160 g/mol. The van der Waals surface area contributed by atoms with Crippen molar-refractivity contribution in [2.45, 2.75) is 0 Å². The van der Waals surface area contributed by atoms with Crippen LogP contribution in [0.5, 0.6) is 0 Å². The summed E-state index contributed by atoms with van der Waals surface area (Å²) in [5, 5.41) is 0. The Hall–Kier alpha value is 1.22. The highest BCUT2D eigenvalue weighted by Crippen LogP contribution is 2.43. The zero-order chi connectivity index (χ0) is 3.58. The fourth-order valence-electron chi connectivity index (χ4n) is 0. The van der Waals surface area contributed by atoms with Crippen LogP contribution in [-0.2, 0) is 0 Å². The van der Waals surface area contributed by atoms with Crippen molar-refractivity contribution in [2.24, 2.45) is 0 Å². The van der Waals surface area contributed by atoms with Crippen molar-refractivity contribution < 1.29 is 4.89 Å². The third-order valence-corrected chi connectivity index (χ3v) is 0. The van der Waals surface area contributed by atoms with Gasteiger partial charge in [-0.1, -0.05) is 0 Å². The lowest BCUT2D eigenvalue weighted by atomic mass is 15.9. The van der Waals surface area contributed by atoms with Gasteiger partial charge < -0.3 is 4.89 Å². The fraction of sp³-hybridized carbons (Fsp3) is 0. The molecule has 4 heteroatoms. The number of thiol groups is 1. The minimum atomic E-state index is -1.11. The van der Waals surface area contributed by atoms with Crippen LogP contribution < -0.4 is 0 Å². The fourth-order valence-corrected chi connectivity index (χ4v) is 0. The first-order chi connectivity index (χ1) is 1.73. The Balaban J connectivity index is 2.32. The summed E-state index contributed by atoms with van der Waals surface area (Å²) >= 11 is 6.26. The first-order valence-corrected chi connectivity index (χ1v) is 5.03. The molecule has 0 saturated carbocycles. The molecule has 0 aromatic rings. The molecular weight excluding hydrogens is 159 g/mol. The quantitative estimate of drug-likeness (QED) is 0.407. The van der Waals surface area contributed by atoms with Gasteiger partial charge in [0.1, 0.15) is 0 Å². The number of halogens is 1. The van der Waals surface area contributed by atoms with Crippen LogP contribution in [-0.4, -0.2) is 4.89 Å². The molecule has 0 aliphatic heterocycles. The molecule has 0 rings (SSSR count). The Kier molecular flexibility index (Phi) is 3.21. The van der Waals surface area contributed by atoms with Crippen LogP contribution in [0.1, 0.15) is 0 Å². The summed E-state index contributed by atoms with van der Waals surface area (Å²) in [5.41, 5.74) is 0. The number of hydrogen-bond acceptors (Lipinski definition) is 2. The molecule has 1 unspecified atom stereocenters. The molecule has 0 amide bonds. The van der Waals surface area contributed by atoms with E-state index in [2.05, 4.69) is 27.7 Å². The molecule has 0 aliphatic rings. The van der Waals surface area contributed by atoms with Gasteiger partial charge in [-0.2, -0.15) is 0 Å². The highest BCUT2D eigenvalue weighted by molar-refractivity contribution is 9.46. The predicted octanol–water partition coefficient (Wildman–Crippen LogP) is 1.53. The lowest BCUT2D eigenvalue weighted by Gasteiger charge is -1.75. The van der Waals surface area contributed by atoms with Gasteiger partial charge in [0.05, 0.1) is 0 Å². The Morgan fingerprint density at radius 1 is 2.00 bits per heavy atom. The van der Waals surface area contributed by atoms with Gasteiger partial charge in [-0.25, -0.2) is 0 Å². The molecular formula is H2BrOPS. The molecule has 1 nitrogen and oxygen atoms in total. The van der Waals surface area contributed by atoms with Gasteiger partial charge in [0, 0.05) is 0 Å². The van der Waals surface area contributed by atoms with E-state index in [1.165, 1.54) is 0 Å². The third kappa shape index (κ3) is 10.7. The molecule has 4 heavy (non-hydrogen) atoms. The van der Waals surface area contributed by atoms with E-state index in [0.717, 1.165) is 0 Å². The average Bonchev–Trinajstić information content (AvgIpc) is 0.811. The van der Waals surface area contributed by atoms with E-state index in [4.69, 9.17) is 4.89 Å². The molecule has 1 N–H and O–H groups in total. The zero-order valence-corrected chi connectivity index (χ0v) is 5.09. The second-order valence-electron chi connectivity index (χ2n) is 0.241. The van der Waals surface area contributed by atoms with E-state index < -0.39 is 6.05 Å². The van der Waals surface area contributed by atoms with E-state index >= 15 is 0 Å². The van der Waals surface area contributed by atoms with Crippen molar-refractivity contribution in [3.05, 3.63) is 0 Å². The topological polar surface area (TPSA) is 20.2 Å². The maximum Gasteiger partial charge on any atom is 0.155 e. The van der Waals surface area contributed by atoms with Gasteiger partial charge in [-0.3, -0.25) is 0 Å². The van der Waals surface area contributed by atoms with E-state index in [1.54, 1.807) is 0 Å². The molecule has 0 radical (unpaired) electrons. The van der Waals surface area contributed by atoms with Gasteiger partial charge >= 0.3 is 0 Å². The second-order valence-corrected chi connectivity index (χ2v) is 5.52. The van der Waals surface area contributed by atoms with E-state index in [9.17, 15) is 0 Å². The summed E-state index contributed by atoms with van der Waals surface area (Å²) in [6.45, 7) is 0. The Morgan fingerprint density at radius 3 is 2.00 bits per heavy atom. The SMILES string of the molecule is OP(S)Br. The van der Waals surface area contributed by atoms with Gasteiger partial charge in [-0.15, -0.1) is 12.2 Å². The lowest BCUT2D eigenvalue weighted by Crippen LogP contribution is -1.22. The lowest BCUT2D eigenvalue weighted by molar-refractivity contribution is 0.657. The third-order valence-electron chi connectivity index (χ3n) is 0. The largest absolute Gasteiger partial charge is 0.355 e. The zero-order valence-electron chi connectivity index (χ0n) is 1.72. The normalized spacial score (nSPS) is 15.8. The molecule has 0 spiro atoms. The van der Waals surface area contributed by atoms with Crippen molar-refractivity contribution >= 4 is 33.8 Å². The second kappa shape index (κ2) is 2.46. The van der Waals surface area contributed by atoms with E-state index in [-0.39, 0.29) is 0 Å². The van der Waals surface area contributed by atoms with E-state index in [0.29, 0.717) is 0 Å². The predicted molar refractivity (Wildman–Crippen MR) is 27.1 cm³/mol. The minimum Gasteiger partial charge on any atom is -0.355 e. The maximum absolute atomic E-state index is 7.90. The summed E-state index contributed by atoms with van der Waals surface area (Å²) in [6.07, 6.45) is 0. The first-order valence-electron chi connectivity index (χ1n) is 0.569. The van der Waals surface area contributed by atoms with Crippen molar-refractivity contribution in [1.29, 1.82) is 0 Å². The molecule has 0 bridgehead atoms. The van der Waals surface area contributed by atoms with Crippen molar-refractivity contribution in [3.63, 3.8) is 0 Å². The van der Waals surface area contributed by atoms with Gasteiger partial charge in [0.2, 0.25) is 0 Å².